The van der Waals surface area contributed by atoms with E-state index in [1.54, 1.807) is 7.11 Å². The second-order valence-electron chi connectivity index (χ2n) is 6.79. The van der Waals surface area contributed by atoms with Gasteiger partial charge in [0.25, 0.3) is 0 Å². The van der Waals surface area contributed by atoms with Gasteiger partial charge in [0, 0.05) is 37.6 Å². The maximum absolute atomic E-state index is 12.5. The average molecular weight is 369 g/mol. The van der Waals surface area contributed by atoms with Crippen LogP contribution in [0.5, 0.6) is 11.5 Å². The Morgan fingerprint density at radius 2 is 1.52 bits per heavy atom. The summed E-state index contributed by atoms with van der Waals surface area (Å²) in [5.74, 6) is 1.65. The zero-order valence-electron chi connectivity index (χ0n) is 16.1. The number of amides is 2. The lowest BCUT2D eigenvalue weighted by Crippen LogP contribution is -2.50. The molecular weight excluding hydrogens is 342 g/mol. The molecule has 0 aliphatic carbocycles. The second-order valence-corrected chi connectivity index (χ2v) is 6.79. The highest BCUT2D eigenvalue weighted by molar-refractivity contribution is 5.89. The molecule has 0 bridgehead atoms. The number of hydrogen-bond acceptors (Lipinski definition) is 4. The molecule has 1 saturated heterocycles. The lowest BCUT2D eigenvalue weighted by Gasteiger charge is -2.36. The minimum absolute atomic E-state index is 0.0690. The van der Waals surface area contributed by atoms with Crippen LogP contribution >= 0.6 is 0 Å². The molecule has 27 heavy (non-hydrogen) atoms. The van der Waals surface area contributed by atoms with Gasteiger partial charge in [-0.15, -0.1) is 0 Å². The predicted octanol–water partition coefficient (Wildman–Crippen LogP) is 3.84. The number of methoxy groups -OCH3 is 1. The van der Waals surface area contributed by atoms with Crippen molar-refractivity contribution in [2.75, 3.05) is 43.5 Å². The van der Waals surface area contributed by atoms with Crippen LogP contribution < -0.4 is 19.7 Å². The first-order valence-electron chi connectivity index (χ1n) is 9.27. The van der Waals surface area contributed by atoms with E-state index in [2.05, 4.69) is 22.3 Å². The van der Waals surface area contributed by atoms with Crippen molar-refractivity contribution >= 4 is 17.4 Å². The van der Waals surface area contributed by atoms with E-state index >= 15 is 0 Å². The van der Waals surface area contributed by atoms with E-state index in [-0.39, 0.29) is 12.1 Å². The minimum atomic E-state index is -0.0690. The third-order valence-electron chi connectivity index (χ3n) is 4.48. The van der Waals surface area contributed by atoms with Gasteiger partial charge in [-0.1, -0.05) is 0 Å². The van der Waals surface area contributed by atoms with Crippen LogP contribution in [0, 0.1) is 0 Å². The summed E-state index contributed by atoms with van der Waals surface area (Å²) in [5.41, 5.74) is 1.92. The lowest BCUT2D eigenvalue weighted by atomic mass is 10.2. The molecule has 0 radical (unpaired) electrons. The molecule has 1 aliphatic heterocycles. The molecule has 6 heteroatoms. The Balaban J connectivity index is 1.51. The highest BCUT2D eigenvalue weighted by atomic mass is 16.5. The number of urea groups is 1. The third-order valence-corrected chi connectivity index (χ3v) is 4.48. The quantitative estimate of drug-likeness (QED) is 0.870. The summed E-state index contributed by atoms with van der Waals surface area (Å²) in [6, 6.07) is 15.4. The molecule has 0 saturated carbocycles. The molecule has 3 rings (SSSR count). The van der Waals surface area contributed by atoms with Crippen molar-refractivity contribution in [3.63, 3.8) is 0 Å². The van der Waals surface area contributed by atoms with E-state index in [9.17, 15) is 4.79 Å². The van der Waals surface area contributed by atoms with Crippen molar-refractivity contribution < 1.29 is 14.3 Å². The van der Waals surface area contributed by atoms with Crippen LogP contribution in [0.1, 0.15) is 13.8 Å². The van der Waals surface area contributed by atoms with Gasteiger partial charge in [0.1, 0.15) is 11.5 Å². The number of nitrogens with one attached hydrogen (secondary N) is 1. The number of carbonyl (C=O) groups is 1. The summed E-state index contributed by atoms with van der Waals surface area (Å²) in [4.78, 5) is 16.6. The normalized spacial score (nSPS) is 14.2. The van der Waals surface area contributed by atoms with Gasteiger partial charge >= 0.3 is 6.03 Å². The maximum atomic E-state index is 12.5. The van der Waals surface area contributed by atoms with Crippen molar-refractivity contribution in [2.45, 2.75) is 20.0 Å². The molecule has 1 aliphatic rings. The lowest BCUT2D eigenvalue weighted by molar-refractivity contribution is 0.208. The first-order valence-corrected chi connectivity index (χ1v) is 9.27. The fourth-order valence-corrected chi connectivity index (χ4v) is 3.05. The molecule has 1 N–H and O–H groups in total. The Hall–Kier alpha value is -2.89. The van der Waals surface area contributed by atoms with Gasteiger partial charge < -0.3 is 24.6 Å². The number of ether oxygens (including phenoxy) is 2. The Kier molecular flexibility index (Phi) is 6.06. The number of nitrogens with zero attached hydrogens (tertiary/aromatic N) is 2. The summed E-state index contributed by atoms with van der Waals surface area (Å²) in [6.07, 6.45) is 0.170. The van der Waals surface area contributed by atoms with Crippen molar-refractivity contribution in [1.82, 2.24) is 4.90 Å². The molecule has 6 nitrogen and oxygen atoms in total. The molecule has 2 aromatic rings. The standard InChI is InChI=1S/C21H27N3O3/c1-16(2)27-20-10-6-18(7-11-20)23-12-14-24(15-13-23)21(25)22-17-4-8-19(26-3)9-5-17/h4-11,16H,12-15H2,1-3H3,(H,22,25). The topological polar surface area (TPSA) is 54.0 Å². The van der Waals surface area contributed by atoms with E-state index in [1.165, 1.54) is 0 Å². The minimum Gasteiger partial charge on any atom is -0.497 e. The number of carbonyl (C=O) groups excluding carboxylic acids is 1. The molecule has 0 spiro atoms. The van der Waals surface area contributed by atoms with Gasteiger partial charge in [0.15, 0.2) is 0 Å². The monoisotopic (exact) mass is 369 g/mol. The van der Waals surface area contributed by atoms with Gasteiger partial charge in [-0.05, 0) is 62.4 Å². The number of piperazine rings is 1. The third kappa shape index (κ3) is 5.06. The summed E-state index contributed by atoms with van der Waals surface area (Å²) in [6.45, 7) is 7.02. The van der Waals surface area contributed by atoms with Crippen LogP contribution in [0.3, 0.4) is 0 Å². The van der Waals surface area contributed by atoms with Crippen LogP contribution in [-0.4, -0.2) is 50.3 Å². The highest BCUT2D eigenvalue weighted by Crippen LogP contribution is 2.22. The summed E-state index contributed by atoms with van der Waals surface area (Å²) >= 11 is 0. The summed E-state index contributed by atoms with van der Waals surface area (Å²) in [5, 5.41) is 2.94. The van der Waals surface area contributed by atoms with E-state index in [4.69, 9.17) is 9.47 Å². The molecule has 1 heterocycles. The van der Waals surface area contributed by atoms with Gasteiger partial charge in [-0.25, -0.2) is 4.79 Å². The highest BCUT2D eigenvalue weighted by Gasteiger charge is 2.21. The molecule has 0 unspecified atom stereocenters. The number of anilines is 2. The molecule has 2 aromatic carbocycles. The maximum Gasteiger partial charge on any atom is 0.321 e. The average Bonchev–Trinajstić information content (AvgIpc) is 2.69. The zero-order valence-corrected chi connectivity index (χ0v) is 16.1. The van der Waals surface area contributed by atoms with Crippen LogP contribution in [-0.2, 0) is 0 Å². The fraction of sp³-hybridized carbons (Fsp3) is 0.381. The Morgan fingerprint density at radius 1 is 0.926 bits per heavy atom. The molecule has 1 fully saturated rings. The van der Waals surface area contributed by atoms with E-state index < -0.39 is 0 Å². The van der Waals surface area contributed by atoms with Crippen molar-refractivity contribution in [2.24, 2.45) is 0 Å². The van der Waals surface area contributed by atoms with Crippen LogP contribution in [0.4, 0.5) is 16.2 Å². The number of rotatable bonds is 5. The van der Waals surface area contributed by atoms with Gasteiger partial charge in [-0.3, -0.25) is 0 Å². The molecular formula is C21H27N3O3. The second kappa shape index (κ2) is 8.66. The SMILES string of the molecule is COc1ccc(NC(=O)N2CCN(c3ccc(OC(C)C)cc3)CC2)cc1. The molecule has 2 amide bonds. The van der Waals surface area contributed by atoms with E-state index in [0.717, 1.165) is 36.0 Å². The summed E-state index contributed by atoms with van der Waals surface area (Å²) < 4.78 is 10.8. The van der Waals surface area contributed by atoms with Gasteiger partial charge in [0.05, 0.1) is 13.2 Å². The summed E-state index contributed by atoms with van der Waals surface area (Å²) in [7, 11) is 1.62. The number of benzene rings is 2. The van der Waals surface area contributed by atoms with E-state index in [1.807, 2.05) is 55.1 Å². The smallest absolute Gasteiger partial charge is 0.321 e. The van der Waals surface area contributed by atoms with Crippen LogP contribution in [0.15, 0.2) is 48.5 Å². The van der Waals surface area contributed by atoms with Gasteiger partial charge in [0.2, 0.25) is 0 Å². The first kappa shape index (κ1) is 18.9. The van der Waals surface area contributed by atoms with Gasteiger partial charge in [-0.2, -0.15) is 0 Å². The Morgan fingerprint density at radius 3 is 2.07 bits per heavy atom. The van der Waals surface area contributed by atoms with E-state index in [0.29, 0.717) is 13.1 Å². The van der Waals surface area contributed by atoms with Crippen molar-refractivity contribution in [3.05, 3.63) is 48.5 Å². The van der Waals surface area contributed by atoms with Crippen LogP contribution in [0.25, 0.3) is 0 Å². The molecule has 144 valence electrons. The fourth-order valence-electron chi connectivity index (χ4n) is 3.05. The Bertz CT molecular complexity index is 736. The van der Waals surface area contributed by atoms with Crippen molar-refractivity contribution in [1.29, 1.82) is 0 Å². The molecule has 0 aromatic heterocycles. The molecule has 0 atom stereocenters. The van der Waals surface area contributed by atoms with Crippen LogP contribution in [0.2, 0.25) is 0 Å². The zero-order chi connectivity index (χ0) is 19.2. The number of hydrogen-bond donors (Lipinski definition) is 1. The van der Waals surface area contributed by atoms with Crippen molar-refractivity contribution in [3.8, 4) is 11.5 Å². The largest absolute Gasteiger partial charge is 0.497 e. The first-order chi connectivity index (χ1) is 13.0. The Labute approximate surface area is 160 Å². The predicted molar refractivity (Wildman–Crippen MR) is 108 cm³/mol.